The third-order valence-corrected chi connectivity index (χ3v) is 3.59. The molecule has 0 spiro atoms. The van der Waals surface area contributed by atoms with Crippen molar-refractivity contribution in [3.63, 3.8) is 0 Å². The van der Waals surface area contributed by atoms with Crippen molar-refractivity contribution < 1.29 is 9.53 Å². The molecular formula is C14H16N2O2. The minimum absolute atomic E-state index is 0.204. The Balaban J connectivity index is 2.15. The molecule has 0 bridgehead atoms. The van der Waals surface area contributed by atoms with Crippen LogP contribution >= 0.6 is 0 Å². The molecule has 94 valence electrons. The lowest BCUT2D eigenvalue weighted by Crippen LogP contribution is -2.15. The zero-order valence-corrected chi connectivity index (χ0v) is 10.4. The van der Waals surface area contributed by atoms with Gasteiger partial charge >= 0.3 is 0 Å². The molecule has 4 heteroatoms. The first kappa shape index (κ1) is 12.6. The summed E-state index contributed by atoms with van der Waals surface area (Å²) in [4.78, 5) is 15.1. The van der Waals surface area contributed by atoms with Crippen molar-refractivity contribution in [2.24, 2.45) is 5.92 Å². The SMILES string of the molecule is COc1ccc(C2CCC(C=O)CC2)nc1C#N. The van der Waals surface area contributed by atoms with Crippen molar-refractivity contribution in [3.8, 4) is 11.8 Å². The van der Waals surface area contributed by atoms with Crippen LogP contribution in [0.3, 0.4) is 0 Å². The summed E-state index contributed by atoms with van der Waals surface area (Å²) in [6.07, 6.45) is 4.83. The molecule has 4 nitrogen and oxygen atoms in total. The lowest BCUT2D eigenvalue weighted by Gasteiger charge is -2.25. The summed E-state index contributed by atoms with van der Waals surface area (Å²) in [6.45, 7) is 0. The number of ether oxygens (including phenoxy) is 1. The van der Waals surface area contributed by atoms with Crippen molar-refractivity contribution in [3.05, 3.63) is 23.5 Å². The molecule has 0 unspecified atom stereocenters. The van der Waals surface area contributed by atoms with Gasteiger partial charge in [0.25, 0.3) is 0 Å². The van der Waals surface area contributed by atoms with Crippen LogP contribution in [0.25, 0.3) is 0 Å². The van der Waals surface area contributed by atoms with E-state index in [0.29, 0.717) is 17.4 Å². The summed E-state index contributed by atoms with van der Waals surface area (Å²) in [5.41, 5.74) is 1.28. The maximum atomic E-state index is 10.7. The van der Waals surface area contributed by atoms with Crippen LogP contribution in [0.15, 0.2) is 12.1 Å². The van der Waals surface area contributed by atoms with Gasteiger partial charge in [-0.2, -0.15) is 5.26 Å². The summed E-state index contributed by atoms with van der Waals surface area (Å²) in [7, 11) is 1.53. The van der Waals surface area contributed by atoms with Crippen LogP contribution in [0.5, 0.6) is 5.75 Å². The number of nitriles is 1. The lowest BCUT2D eigenvalue weighted by atomic mass is 9.81. The second-order valence-corrected chi connectivity index (χ2v) is 4.65. The Labute approximate surface area is 107 Å². The lowest BCUT2D eigenvalue weighted by molar-refractivity contribution is -0.111. The van der Waals surface area contributed by atoms with Gasteiger partial charge in [-0.1, -0.05) is 0 Å². The van der Waals surface area contributed by atoms with Crippen LogP contribution in [0.4, 0.5) is 0 Å². The van der Waals surface area contributed by atoms with Crippen LogP contribution in [0.2, 0.25) is 0 Å². The molecule has 0 atom stereocenters. The molecule has 2 rings (SSSR count). The summed E-state index contributed by atoms with van der Waals surface area (Å²) >= 11 is 0. The van der Waals surface area contributed by atoms with Gasteiger partial charge in [0.1, 0.15) is 12.4 Å². The highest BCUT2D eigenvalue weighted by Crippen LogP contribution is 2.34. The molecule has 1 heterocycles. The number of carbonyl (C=O) groups is 1. The minimum atomic E-state index is 0.204. The van der Waals surface area contributed by atoms with Gasteiger partial charge in [-0.25, -0.2) is 4.98 Å². The molecule has 1 saturated carbocycles. The van der Waals surface area contributed by atoms with Gasteiger partial charge in [0.2, 0.25) is 0 Å². The Kier molecular flexibility index (Phi) is 3.93. The smallest absolute Gasteiger partial charge is 0.182 e. The van der Waals surface area contributed by atoms with Gasteiger partial charge in [-0.15, -0.1) is 0 Å². The molecule has 1 aromatic heterocycles. The molecule has 0 radical (unpaired) electrons. The molecule has 1 aromatic rings. The molecular weight excluding hydrogens is 228 g/mol. The van der Waals surface area contributed by atoms with E-state index in [2.05, 4.69) is 11.1 Å². The number of carbonyl (C=O) groups excluding carboxylic acids is 1. The Morgan fingerprint density at radius 2 is 2.11 bits per heavy atom. The number of aldehydes is 1. The Bertz CT molecular complexity index is 471. The van der Waals surface area contributed by atoms with E-state index in [0.717, 1.165) is 37.7 Å². The highest BCUT2D eigenvalue weighted by atomic mass is 16.5. The summed E-state index contributed by atoms with van der Waals surface area (Å²) < 4.78 is 5.08. The third kappa shape index (κ3) is 2.51. The van der Waals surface area contributed by atoms with Gasteiger partial charge in [0.15, 0.2) is 11.4 Å². The zero-order chi connectivity index (χ0) is 13.0. The Morgan fingerprint density at radius 1 is 1.39 bits per heavy atom. The molecule has 1 fully saturated rings. The molecule has 1 aliphatic rings. The topological polar surface area (TPSA) is 63.0 Å². The molecule has 18 heavy (non-hydrogen) atoms. The van der Waals surface area contributed by atoms with E-state index in [9.17, 15) is 4.79 Å². The van der Waals surface area contributed by atoms with E-state index in [4.69, 9.17) is 10.00 Å². The van der Waals surface area contributed by atoms with Crippen LogP contribution in [0.1, 0.15) is 43.0 Å². The molecule has 0 saturated heterocycles. The number of methoxy groups -OCH3 is 1. The van der Waals surface area contributed by atoms with Gasteiger partial charge in [-0.3, -0.25) is 0 Å². The van der Waals surface area contributed by atoms with E-state index in [1.54, 1.807) is 6.07 Å². The highest BCUT2D eigenvalue weighted by molar-refractivity contribution is 5.53. The molecule has 0 aliphatic heterocycles. The average Bonchev–Trinajstić information content (AvgIpc) is 2.46. The normalized spacial score (nSPS) is 23.1. The molecule has 1 aliphatic carbocycles. The largest absolute Gasteiger partial charge is 0.494 e. The third-order valence-electron chi connectivity index (χ3n) is 3.59. The Hall–Kier alpha value is -1.89. The van der Waals surface area contributed by atoms with Gasteiger partial charge in [0.05, 0.1) is 7.11 Å². The number of nitrogens with zero attached hydrogens (tertiary/aromatic N) is 2. The van der Waals surface area contributed by atoms with Crippen LogP contribution in [-0.4, -0.2) is 18.4 Å². The molecule has 0 N–H and O–H groups in total. The van der Waals surface area contributed by atoms with E-state index in [-0.39, 0.29) is 5.92 Å². The van der Waals surface area contributed by atoms with Crippen molar-refractivity contribution in [2.75, 3.05) is 7.11 Å². The minimum Gasteiger partial charge on any atom is -0.494 e. The number of hydrogen-bond donors (Lipinski definition) is 0. The quantitative estimate of drug-likeness (QED) is 0.766. The van der Waals surface area contributed by atoms with Crippen molar-refractivity contribution in [2.45, 2.75) is 31.6 Å². The van der Waals surface area contributed by atoms with Crippen molar-refractivity contribution in [1.82, 2.24) is 4.98 Å². The van der Waals surface area contributed by atoms with Gasteiger partial charge in [0, 0.05) is 17.5 Å². The van der Waals surface area contributed by atoms with Crippen LogP contribution in [-0.2, 0) is 4.79 Å². The summed E-state index contributed by atoms with van der Waals surface area (Å²) in [5, 5.41) is 9.01. The fourth-order valence-electron chi connectivity index (χ4n) is 2.48. The first-order chi connectivity index (χ1) is 8.78. The summed E-state index contributed by atoms with van der Waals surface area (Å²) in [5.74, 6) is 1.08. The van der Waals surface area contributed by atoms with Crippen molar-refractivity contribution in [1.29, 1.82) is 5.26 Å². The van der Waals surface area contributed by atoms with Crippen molar-refractivity contribution >= 4 is 6.29 Å². The van der Waals surface area contributed by atoms with Crippen LogP contribution in [0, 0.1) is 17.2 Å². The standard InChI is InChI=1S/C14H16N2O2/c1-18-14-7-6-12(16-13(14)8-15)11-4-2-10(9-17)3-5-11/h6-7,9-11H,2-5H2,1H3. The number of hydrogen-bond acceptors (Lipinski definition) is 4. The Morgan fingerprint density at radius 3 is 2.67 bits per heavy atom. The average molecular weight is 244 g/mol. The fraction of sp³-hybridized carbons (Fsp3) is 0.500. The maximum Gasteiger partial charge on any atom is 0.182 e. The number of aromatic nitrogens is 1. The van der Waals surface area contributed by atoms with E-state index >= 15 is 0 Å². The molecule has 0 aromatic carbocycles. The number of pyridine rings is 1. The predicted molar refractivity (Wildman–Crippen MR) is 66.3 cm³/mol. The van der Waals surface area contributed by atoms with Gasteiger partial charge < -0.3 is 9.53 Å². The van der Waals surface area contributed by atoms with E-state index in [1.165, 1.54) is 7.11 Å². The predicted octanol–water partition coefficient (Wildman–Crippen LogP) is 2.43. The fourth-order valence-corrected chi connectivity index (χ4v) is 2.48. The highest BCUT2D eigenvalue weighted by Gasteiger charge is 2.23. The second kappa shape index (κ2) is 5.63. The van der Waals surface area contributed by atoms with Gasteiger partial charge in [-0.05, 0) is 37.8 Å². The number of rotatable bonds is 3. The first-order valence-corrected chi connectivity index (χ1v) is 6.18. The molecule has 0 amide bonds. The first-order valence-electron chi connectivity index (χ1n) is 6.18. The zero-order valence-electron chi connectivity index (χ0n) is 10.4. The maximum absolute atomic E-state index is 10.7. The van der Waals surface area contributed by atoms with E-state index in [1.807, 2.05) is 6.07 Å². The summed E-state index contributed by atoms with van der Waals surface area (Å²) in [6, 6.07) is 5.77. The van der Waals surface area contributed by atoms with E-state index < -0.39 is 0 Å². The monoisotopic (exact) mass is 244 g/mol. The van der Waals surface area contributed by atoms with Crippen LogP contribution < -0.4 is 4.74 Å². The second-order valence-electron chi connectivity index (χ2n) is 4.65.